The van der Waals surface area contributed by atoms with Gasteiger partial charge in [-0.2, -0.15) is 0 Å². The molecule has 1 N–H and O–H groups in total. The summed E-state index contributed by atoms with van der Waals surface area (Å²) in [6.07, 6.45) is 0.830. The van der Waals surface area contributed by atoms with Crippen molar-refractivity contribution in [3.05, 3.63) is 62.7 Å². The molecule has 0 aromatic heterocycles. The molecule has 0 aliphatic carbocycles. The Kier molecular flexibility index (Phi) is 9.05. The average Bonchev–Trinajstić information content (AvgIpc) is 2.69. The molecule has 2 amide bonds. The number of amides is 2. The Balaban J connectivity index is 2.12. The Bertz CT molecular complexity index is 798. The van der Waals surface area contributed by atoms with Gasteiger partial charge in [0.15, 0.2) is 6.61 Å². The molecule has 7 heteroatoms. The highest BCUT2D eigenvalue weighted by atomic mass is 127. The van der Waals surface area contributed by atoms with E-state index in [1.807, 2.05) is 43.3 Å². The number of ether oxygens (including phenoxy) is 1. The van der Waals surface area contributed by atoms with E-state index >= 15 is 0 Å². The van der Waals surface area contributed by atoms with Crippen molar-refractivity contribution in [2.75, 3.05) is 13.2 Å². The van der Waals surface area contributed by atoms with E-state index in [2.05, 4.69) is 27.9 Å². The van der Waals surface area contributed by atoms with Crippen molar-refractivity contribution < 1.29 is 14.3 Å². The number of halogens is 2. The summed E-state index contributed by atoms with van der Waals surface area (Å²) in [5, 5.41) is 3.43. The number of carbonyl (C=O) groups excluding carboxylic acids is 2. The van der Waals surface area contributed by atoms with Gasteiger partial charge in [-0.1, -0.05) is 30.7 Å². The summed E-state index contributed by atoms with van der Waals surface area (Å²) in [5.41, 5.74) is 0.852. The molecule has 0 fully saturated rings. The molecule has 0 spiro atoms. The van der Waals surface area contributed by atoms with Crippen molar-refractivity contribution in [3.8, 4) is 5.75 Å². The largest absolute Gasteiger partial charge is 0.484 e. The molecule has 2 aromatic carbocycles. The van der Waals surface area contributed by atoms with Gasteiger partial charge < -0.3 is 15.0 Å². The maximum absolute atomic E-state index is 12.9. The van der Waals surface area contributed by atoms with Gasteiger partial charge in [0.25, 0.3) is 5.91 Å². The van der Waals surface area contributed by atoms with Crippen LogP contribution in [0.1, 0.15) is 25.8 Å². The second-order valence-corrected chi connectivity index (χ2v) is 8.04. The lowest BCUT2D eigenvalue weighted by molar-refractivity contribution is -0.142. The van der Waals surface area contributed by atoms with Crippen molar-refractivity contribution >= 4 is 46.0 Å². The third-order valence-electron chi connectivity index (χ3n) is 4.13. The van der Waals surface area contributed by atoms with Crippen LogP contribution in [0.5, 0.6) is 5.75 Å². The number of nitrogens with one attached hydrogen (secondary N) is 1. The van der Waals surface area contributed by atoms with E-state index in [1.165, 1.54) is 4.90 Å². The zero-order valence-corrected chi connectivity index (χ0v) is 18.9. The summed E-state index contributed by atoms with van der Waals surface area (Å²) < 4.78 is 6.71. The minimum absolute atomic E-state index is 0.146. The first-order valence-electron chi connectivity index (χ1n) is 9.10. The van der Waals surface area contributed by atoms with Crippen LogP contribution in [-0.4, -0.2) is 35.9 Å². The molecule has 0 unspecified atom stereocenters. The lowest BCUT2D eigenvalue weighted by atomic mass is 10.1. The first-order chi connectivity index (χ1) is 13.4. The third-order valence-corrected chi connectivity index (χ3v) is 5.09. The summed E-state index contributed by atoms with van der Waals surface area (Å²) in [7, 11) is 0. The van der Waals surface area contributed by atoms with Gasteiger partial charge in [-0.15, -0.1) is 0 Å². The van der Waals surface area contributed by atoms with E-state index in [1.54, 1.807) is 19.1 Å². The van der Waals surface area contributed by atoms with Crippen LogP contribution in [0.25, 0.3) is 0 Å². The minimum atomic E-state index is -0.627. The van der Waals surface area contributed by atoms with E-state index in [0.717, 1.165) is 15.6 Å². The van der Waals surface area contributed by atoms with E-state index in [4.69, 9.17) is 16.3 Å². The van der Waals surface area contributed by atoms with E-state index in [9.17, 15) is 9.59 Å². The van der Waals surface area contributed by atoms with Gasteiger partial charge >= 0.3 is 0 Å². The van der Waals surface area contributed by atoms with Gasteiger partial charge in [0, 0.05) is 21.7 Å². The van der Waals surface area contributed by atoms with E-state index < -0.39 is 6.04 Å². The molecule has 0 radical (unpaired) electrons. The molecule has 0 aliphatic rings. The van der Waals surface area contributed by atoms with Crippen LogP contribution < -0.4 is 10.1 Å². The predicted molar refractivity (Wildman–Crippen MR) is 119 cm³/mol. The lowest BCUT2D eigenvalue weighted by Gasteiger charge is -2.28. The summed E-state index contributed by atoms with van der Waals surface area (Å²) in [6, 6.07) is 14.1. The van der Waals surface area contributed by atoms with Crippen LogP contribution >= 0.6 is 34.2 Å². The highest BCUT2D eigenvalue weighted by Gasteiger charge is 2.26. The Morgan fingerprint density at radius 1 is 1.21 bits per heavy atom. The molecule has 5 nitrogen and oxygen atoms in total. The van der Waals surface area contributed by atoms with Crippen LogP contribution in [0.4, 0.5) is 0 Å². The Morgan fingerprint density at radius 3 is 2.57 bits per heavy atom. The van der Waals surface area contributed by atoms with Crippen molar-refractivity contribution in [2.24, 2.45) is 0 Å². The zero-order valence-electron chi connectivity index (χ0n) is 16.0. The van der Waals surface area contributed by atoms with Crippen LogP contribution in [-0.2, 0) is 16.1 Å². The van der Waals surface area contributed by atoms with Gasteiger partial charge in [0.2, 0.25) is 5.91 Å². The molecule has 0 bridgehead atoms. The SMILES string of the molecule is CCCNC(=O)[C@@H](C)N(Cc1cccc(Cl)c1)C(=O)COc1ccc(I)cc1. The summed E-state index contributed by atoms with van der Waals surface area (Å²) in [6.45, 7) is 4.40. The molecule has 150 valence electrons. The third kappa shape index (κ3) is 6.98. The Morgan fingerprint density at radius 2 is 1.93 bits per heavy atom. The fraction of sp³-hybridized carbons (Fsp3) is 0.333. The normalized spacial score (nSPS) is 11.6. The van der Waals surface area contributed by atoms with Crippen LogP contribution in [0, 0.1) is 3.57 Å². The van der Waals surface area contributed by atoms with Gasteiger partial charge in [0.05, 0.1) is 0 Å². The van der Waals surface area contributed by atoms with Crippen LogP contribution in [0.3, 0.4) is 0 Å². The molecule has 0 heterocycles. The number of carbonyl (C=O) groups is 2. The monoisotopic (exact) mass is 514 g/mol. The maximum atomic E-state index is 12.9. The second-order valence-electron chi connectivity index (χ2n) is 6.36. The topological polar surface area (TPSA) is 58.6 Å². The second kappa shape index (κ2) is 11.3. The first kappa shape index (κ1) is 22.5. The molecule has 0 saturated heterocycles. The van der Waals surface area contributed by atoms with Gasteiger partial charge in [0.1, 0.15) is 11.8 Å². The highest BCUT2D eigenvalue weighted by Crippen LogP contribution is 2.16. The predicted octanol–water partition coefficient (Wildman–Crippen LogP) is 4.27. The highest BCUT2D eigenvalue weighted by molar-refractivity contribution is 14.1. The minimum Gasteiger partial charge on any atom is -0.484 e. The van der Waals surface area contributed by atoms with Crippen LogP contribution in [0.2, 0.25) is 5.02 Å². The maximum Gasteiger partial charge on any atom is 0.261 e. The van der Waals surface area contributed by atoms with Crippen molar-refractivity contribution in [3.63, 3.8) is 0 Å². The fourth-order valence-corrected chi connectivity index (χ4v) is 3.14. The summed E-state index contributed by atoms with van der Waals surface area (Å²) in [5.74, 6) is 0.156. The van der Waals surface area contributed by atoms with E-state index in [-0.39, 0.29) is 25.0 Å². The quantitative estimate of drug-likeness (QED) is 0.509. The summed E-state index contributed by atoms with van der Waals surface area (Å²) >= 11 is 8.27. The Hall–Kier alpha value is -1.80. The van der Waals surface area contributed by atoms with Gasteiger partial charge in [-0.3, -0.25) is 9.59 Å². The van der Waals surface area contributed by atoms with Crippen molar-refractivity contribution in [1.29, 1.82) is 0 Å². The van der Waals surface area contributed by atoms with Crippen LogP contribution in [0.15, 0.2) is 48.5 Å². The molecule has 1 atom stereocenters. The molecule has 28 heavy (non-hydrogen) atoms. The van der Waals surface area contributed by atoms with E-state index in [0.29, 0.717) is 17.3 Å². The zero-order chi connectivity index (χ0) is 20.5. The Labute approximate surface area is 184 Å². The number of rotatable bonds is 9. The number of benzene rings is 2. The molecule has 0 aliphatic heterocycles. The van der Waals surface area contributed by atoms with Crippen molar-refractivity contribution in [2.45, 2.75) is 32.9 Å². The van der Waals surface area contributed by atoms with Crippen molar-refractivity contribution in [1.82, 2.24) is 10.2 Å². The smallest absolute Gasteiger partial charge is 0.261 e. The fourth-order valence-electron chi connectivity index (χ4n) is 2.57. The first-order valence-corrected chi connectivity index (χ1v) is 10.6. The van der Waals surface area contributed by atoms with Gasteiger partial charge in [-0.25, -0.2) is 0 Å². The average molecular weight is 515 g/mol. The number of hydrogen-bond donors (Lipinski definition) is 1. The molecule has 0 saturated carbocycles. The summed E-state index contributed by atoms with van der Waals surface area (Å²) in [4.78, 5) is 26.8. The molecular formula is C21H24ClIN2O3. The molecule has 2 aromatic rings. The lowest BCUT2D eigenvalue weighted by Crippen LogP contribution is -2.49. The number of nitrogens with zero attached hydrogens (tertiary/aromatic N) is 1. The number of hydrogen-bond acceptors (Lipinski definition) is 3. The molecular weight excluding hydrogens is 491 g/mol. The van der Waals surface area contributed by atoms with Gasteiger partial charge in [-0.05, 0) is 77.9 Å². The standard InChI is InChI=1S/C21H24ClIN2O3/c1-3-11-24-21(27)15(2)25(13-16-5-4-6-17(22)12-16)20(26)14-28-19-9-7-18(23)8-10-19/h4-10,12,15H,3,11,13-14H2,1-2H3,(H,24,27)/t15-/m1/s1. The molecule has 2 rings (SSSR count).